The molecular formula is C15H23BrN2O. The lowest BCUT2D eigenvalue weighted by Gasteiger charge is -2.37. The van der Waals surface area contributed by atoms with E-state index in [0.29, 0.717) is 0 Å². The Hall–Kier alpha value is -0.740. The van der Waals surface area contributed by atoms with Gasteiger partial charge in [-0.2, -0.15) is 0 Å². The van der Waals surface area contributed by atoms with E-state index in [1.54, 1.807) is 7.11 Å². The molecular weight excluding hydrogens is 304 g/mol. The van der Waals surface area contributed by atoms with E-state index in [1.165, 1.54) is 12.2 Å². The van der Waals surface area contributed by atoms with Gasteiger partial charge in [-0.3, -0.25) is 4.90 Å². The molecule has 2 rings (SSSR count). The summed E-state index contributed by atoms with van der Waals surface area (Å²) >= 11 is 3.55. The molecule has 0 aliphatic carbocycles. The molecule has 0 spiro atoms. The normalized spacial score (nSPS) is 18.4. The van der Waals surface area contributed by atoms with E-state index in [4.69, 9.17) is 4.74 Å². The largest absolute Gasteiger partial charge is 0.497 e. The molecule has 0 saturated carbocycles. The summed E-state index contributed by atoms with van der Waals surface area (Å²) in [5.41, 5.74) is 1.30. The van der Waals surface area contributed by atoms with Gasteiger partial charge in [0, 0.05) is 43.7 Å². The highest BCUT2D eigenvalue weighted by Crippen LogP contribution is 2.20. The van der Waals surface area contributed by atoms with Crippen molar-refractivity contribution >= 4 is 21.6 Å². The molecule has 19 heavy (non-hydrogen) atoms. The molecule has 0 bridgehead atoms. The van der Waals surface area contributed by atoms with Crippen LogP contribution in [-0.4, -0.2) is 50.1 Å². The predicted octanol–water partition coefficient (Wildman–Crippen LogP) is 2.85. The molecule has 0 radical (unpaired) electrons. The van der Waals surface area contributed by atoms with Gasteiger partial charge >= 0.3 is 0 Å². The maximum Gasteiger partial charge on any atom is 0.119 e. The lowest BCUT2D eigenvalue weighted by molar-refractivity contribution is 0.233. The number of anilines is 1. The molecule has 0 aromatic heterocycles. The Morgan fingerprint density at radius 3 is 2.32 bits per heavy atom. The number of alkyl halides is 1. The second-order valence-corrected chi connectivity index (χ2v) is 5.89. The van der Waals surface area contributed by atoms with Gasteiger partial charge in [0.05, 0.1) is 7.11 Å². The van der Waals surface area contributed by atoms with Crippen molar-refractivity contribution in [3.05, 3.63) is 24.3 Å². The zero-order valence-electron chi connectivity index (χ0n) is 11.8. The Kier molecular flexibility index (Phi) is 5.52. The number of hydrogen-bond donors (Lipinski definition) is 0. The Balaban J connectivity index is 1.85. The zero-order valence-corrected chi connectivity index (χ0v) is 13.4. The van der Waals surface area contributed by atoms with E-state index in [2.05, 4.69) is 44.8 Å². The predicted molar refractivity (Wildman–Crippen MR) is 84.6 cm³/mol. The van der Waals surface area contributed by atoms with Crippen molar-refractivity contribution in [2.45, 2.75) is 6.92 Å². The Labute approximate surface area is 124 Å². The van der Waals surface area contributed by atoms with E-state index in [9.17, 15) is 0 Å². The molecule has 1 aliphatic rings. The van der Waals surface area contributed by atoms with Gasteiger partial charge in [0.15, 0.2) is 0 Å². The minimum absolute atomic E-state index is 0.729. The summed E-state index contributed by atoms with van der Waals surface area (Å²) in [5, 5.41) is 1.09. The summed E-state index contributed by atoms with van der Waals surface area (Å²) in [6.07, 6.45) is 0. The number of rotatable bonds is 5. The summed E-state index contributed by atoms with van der Waals surface area (Å²) in [7, 11) is 1.71. The molecule has 1 heterocycles. The van der Waals surface area contributed by atoms with Gasteiger partial charge in [0.1, 0.15) is 5.75 Å². The number of hydrogen-bond acceptors (Lipinski definition) is 3. The van der Waals surface area contributed by atoms with Crippen molar-refractivity contribution in [1.29, 1.82) is 0 Å². The van der Waals surface area contributed by atoms with Crippen molar-refractivity contribution in [3.63, 3.8) is 0 Å². The van der Waals surface area contributed by atoms with Crippen LogP contribution in [0.25, 0.3) is 0 Å². The average molecular weight is 327 g/mol. The van der Waals surface area contributed by atoms with Crippen LogP contribution >= 0.6 is 15.9 Å². The third-order valence-corrected chi connectivity index (χ3v) is 4.75. The number of piperazine rings is 1. The van der Waals surface area contributed by atoms with Crippen LogP contribution in [0.4, 0.5) is 5.69 Å². The van der Waals surface area contributed by atoms with Gasteiger partial charge in [-0.05, 0) is 30.2 Å². The highest BCUT2D eigenvalue weighted by molar-refractivity contribution is 9.09. The van der Waals surface area contributed by atoms with Gasteiger partial charge in [0.25, 0.3) is 0 Å². The molecule has 3 nitrogen and oxygen atoms in total. The molecule has 1 aliphatic heterocycles. The zero-order chi connectivity index (χ0) is 13.7. The maximum absolute atomic E-state index is 5.20. The first-order valence-corrected chi connectivity index (χ1v) is 8.02. The van der Waals surface area contributed by atoms with E-state index in [0.717, 1.165) is 43.2 Å². The van der Waals surface area contributed by atoms with Crippen LogP contribution < -0.4 is 9.64 Å². The van der Waals surface area contributed by atoms with Crippen molar-refractivity contribution in [2.24, 2.45) is 5.92 Å². The lowest BCUT2D eigenvalue weighted by atomic mass is 10.2. The number of halogens is 1. The van der Waals surface area contributed by atoms with Crippen LogP contribution in [0.1, 0.15) is 6.92 Å². The van der Waals surface area contributed by atoms with Gasteiger partial charge in [-0.25, -0.2) is 0 Å². The quantitative estimate of drug-likeness (QED) is 0.774. The van der Waals surface area contributed by atoms with Crippen LogP contribution in [0.3, 0.4) is 0 Å². The fourth-order valence-electron chi connectivity index (χ4n) is 2.47. The molecule has 1 atom stereocenters. The first-order chi connectivity index (χ1) is 9.22. The van der Waals surface area contributed by atoms with E-state index >= 15 is 0 Å². The fourth-order valence-corrected chi connectivity index (χ4v) is 2.68. The minimum atomic E-state index is 0.729. The summed E-state index contributed by atoms with van der Waals surface area (Å²) in [5.74, 6) is 1.65. The number of ether oxygens (including phenoxy) is 1. The molecule has 1 aromatic rings. The van der Waals surface area contributed by atoms with Crippen molar-refractivity contribution in [1.82, 2.24) is 4.90 Å². The third-order valence-electron chi connectivity index (χ3n) is 3.64. The number of benzene rings is 1. The van der Waals surface area contributed by atoms with Crippen LogP contribution in [0.2, 0.25) is 0 Å². The van der Waals surface area contributed by atoms with Crippen LogP contribution in [0.5, 0.6) is 5.75 Å². The van der Waals surface area contributed by atoms with Crippen LogP contribution in [0.15, 0.2) is 24.3 Å². The van der Waals surface area contributed by atoms with Gasteiger partial charge in [-0.15, -0.1) is 0 Å². The van der Waals surface area contributed by atoms with Crippen molar-refractivity contribution < 1.29 is 4.74 Å². The number of nitrogens with zero attached hydrogens (tertiary/aromatic N) is 2. The standard InChI is InChI=1S/C15H23BrN2O/c1-13(11-16)12-17-7-9-18(10-8-17)14-3-5-15(19-2)6-4-14/h3-6,13H,7-12H2,1-2H3. The fraction of sp³-hybridized carbons (Fsp3) is 0.600. The van der Waals surface area contributed by atoms with Crippen LogP contribution in [0, 0.1) is 5.92 Å². The van der Waals surface area contributed by atoms with E-state index < -0.39 is 0 Å². The van der Waals surface area contributed by atoms with Gasteiger partial charge < -0.3 is 9.64 Å². The molecule has 1 fully saturated rings. The molecule has 0 amide bonds. The molecule has 106 valence electrons. The highest BCUT2D eigenvalue weighted by Gasteiger charge is 2.18. The second kappa shape index (κ2) is 7.15. The van der Waals surface area contributed by atoms with E-state index in [1.807, 2.05) is 12.1 Å². The summed E-state index contributed by atoms with van der Waals surface area (Å²) in [6, 6.07) is 8.37. The first kappa shape index (κ1) is 14.7. The van der Waals surface area contributed by atoms with Crippen LogP contribution in [-0.2, 0) is 0 Å². The minimum Gasteiger partial charge on any atom is -0.497 e. The molecule has 1 unspecified atom stereocenters. The summed E-state index contributed by atoms with van der Waals surface area (Å²) in [4.78, 5) is 5.01. The second-order valence-electron chi connectivity index (χ2n) is 5.25. The maximum atomic E-state index is 5.20. The van der Waals surface area contributed by atoms with Crippen molar-refractivity contribution in [2.75, 3.05) is 50.1 Å². The molecule has 1 aromatic carbocycles. The van der Waals surface area contributed by atoms with Gasteiger partial charge in [0.2, 0.25) is 0 Å². The Morgan fingerprint density at radius 2 is 1.79 bits per heavy atom. The Bertz CT molecular complexity index is 374. The monoisotopic (exact) mass is 326 g/mol. The molecule has 1 saturated heterocycles. The summed E-state index contributed by atoms with van der Waals surface area (Å²) in [6.45, 7) is 8.03. The third kappa shape index (κ3) is 4.11. The van der Waals surface area contributed by atoms with E-state index in [-0.39, 0.29) is 0 Å². The smallest absolute Gasteiger partial charge is 0.119 e. The summed E-state index contributed by atoms with van der Waals surface area (Å²) < 4.78 is 5.20. The molecule has 4 heteroatoms. The topological polar surface area (TPSA) is 15.7 Å². The van der Waals surface area contributed by atoms with Crippen molar-refractivity contribution in [3.8, 4) is 5.75 Å². The highest BCUT2D eigenvalue weighted by atomic mass is 79.9. The number of methoxy groups -OCH3 is 1. The average Bonchev–Trinajstić information content (AvgIpc) is 2.48. The van der Waals surface area contributed by atoms with Gasteiger partial charge in [-0.1, -0.05) is 22.9 Å². The SMILES string of the molecule is COc1ccc(N2CCN(CC(C)CBr)CC2)cc1. The lowest BCUT2D eigenvalue weighted by Crippen LogP contribution is -2.47. The Morgan fingerprint density at radius 1 is 1.16 bits per heavy atom. The first-order valence-electron chi connectivity index (χ1n) is 6.90. The molecule has 0 N–H and O–H groups in total.